The van der Waals surface area contributed by atoms with E-state index in [1.807, 2.05) is 23.6 Å². The van der Waals surface area contributed by atoms with Gasteiger partial charge < -0.3 is 10.1 Å². The topological polar surface area (TPSA) is 38.3 Å². The Hall–Kier alpha value is -1.72. The molecule has 2 aromatic rings. The summed E-state index contributed by atoms with van der Waals surface area (Å²) in [6.07, 6.45) is 1.14. The van der Waals surface area contributed by atoms with Gasteiger partial charge in [-0.25, -0.2) is 4.39 Å². The lowest BCUT2D eigenvalue weighted by atomic mass is 10.1. The Bertz CT molecular complexity index is 584. The van der Waals surface area contributed by atoms with E-state index < -0.39 is 0 Å². The molecular weight excluding hydrogens is 289 g/mol. The van der Waals surface area contributed by atoms with Gasteiger partial charge in [0.25, 0.3) is 0 Å². The molecule has 0 unspecified atom stereocenters. The molecule has 3 nitrogen and oxygen atoms in total. The first-order valence-electron chi connectivity index (χ1n) is 6.80. The minimum atomic E-state index is -0.202. The van der Waals surface area contributed by atoms with Gasteiger partial charge in [-0.2, -0.15) is 0 Å². The van der Waals surface area contributed by atoms with Gasteiger partial charge in [0.15, 0.2) is 0 Å². The summed E-state index contributed by atoms with van der Waals surface area (Å²) in [6, 6.07) is 8.97. The third kappa shape index (κ3) is 4.65. The van der Waals surface area contributed by atoms with E-state index in [2.05, 4.69) is 10.1 Å². The summed E-state index contributed by atoms with van der Waals surface area (Å²) in [7, 11) is 1.39. The molecular formula is C16H18FNO2S. The van der Waals surface area contributed by atoms with Crippen LogP contribution >= 0.6 is 11.3 Å². The number of hydrogen-bond acceptors (Lipinski definition) is 4. The number of esters is 1. The maximum atomic E-state index is 13.8. The molecule has 0 aliphatic heterocycles. The number of ether oxygens (including phenoxy) is 1. The molecule has 0 aliphatic rings. The lowest BCUT2D eigenvalue weighted by molar-refractivity contribution is -0.140. The summed E-state index contributed by atoms with van der Waals surface area (Å²) in [5, 5.41) is 5.18. The highest BCUT2D eigenvalue weighted by molar-refractivity contribution is 7.13. The normalized spacial score (nSPS) is 10.6. The summed E-state index contributed by atoms with van der Waals surface area (Å²) < 4.78 is 18.4. The third-order valence-electron chi connectivity index (χ3n) is 3.11. The Balaban J connectivity index is 1.87. The van der Waals surface area contributed by atoms with Crippen molar-refractivity contribution in [1.29, 1.82) is 0 Å². The fourth-order valence-corrected chi connectivity index (χ4v) is 2.74. The molecule has 5 heteroatoms. The Morgan fingerprint density at radius 1 is 1.38 bits per heavy atom. The summed E-state index contributed by atoms with van der Waals surface area (Å²) in [5.74, 6) is -0.398. The van der Waals surface area contributed by atoms with E-state index in [1.54, 1.807) is 6.07 Å². The number of halogens is 1. The second-order valence-electron chi connectivity index (χ2n) is 4.65. The van der Waals surface area contributed by atoms with Crippen molar-refractivity contribution in [3.8, 4) is 10.4 Å². The van der Waals surface area contributed by atoms with Crippen molar-refractivity contribution < 1.29 is 13.9 Å². The van der Waals surface area contributed by atoms with Crippen LogP contribution in [0.25, 0.3) is 10.4 Å². The molecule has 0 spiro atoms. The predicted molar refractivity (Wildman–Crippen MR) is 82.7 cm³/mol. The van der Waals surface area contributed by atoms with Crippen molar-refractivity contribution in [2.75, 3.05) is 13.7 Å². The highest BCUT2D eigenvalue weighted by Crippen LogP contribution is 2.28. The summed E-state index contributed by atoms with van der Waals surface area (Å²) in [6.45, 7) is 1.38. The molecule has 1 aromatic heterocycles. The van der Waals surface area contributed by atoms with Crippen LogP contribution in [0.5, 0.6) is 0 Å². The van der Waals surface area contributed by atoms with E-state index in [4.69, 9.17) is 0 Å². The first-order chi connectivity index (χ1) is 10.2. The molecule has 0 radical (unpaired) electrons. The van der Waals surface area contributed by atoms with E-state index >= 15 is 0 Å². The molecule has 0 fully saturated rings. The Morgan fingerprint density at radius 3 is 2.95 bits per heavy atom. The summed E-state index contributed by atoms with van der Waals surface area (Å²) >= 11 is 1.52. The zero-order valence-electron chi connectivity index (χ0n) is 11.9. The van der Waals surface area contributed by atoms with Crippen molar-refractivity contribution in [3.05, 3.63) is 47.1 Å². The molecule has 1 heterocycles. The van der Waals surface area contributed by atoms with Crippen LogP contribution in [-0.4, -0.2) is 19.6 Å². The van der Waals surface area contributed by atoms with Gasteiger partial charge in [0.05, 0.1) is 7.11 Å². The maximum Gasteiger partial charge on any atom is 0.305 e. The van der Waals surface area contributed by atoms with Gasteiger partial charge in [-0.1, -0.05) is 12.1 Å². The monoisotopic (exact) mass is 307 g/mol. The minimum absolute atomic E-state index is 0.196. The maximum absolute atomic E-state index is 13.8. The lowest BCUT2D eigenvalue weighted by Gasteiger charge is -2.07. The van der Waals surface area contributed by atoms with Crippen LogP contribution in [0.4, 0.5) is 4.39 Å². The molecule has 2 rings (SSSR count). The van der Waals surface area contributed by atoms with E-state index in [-0.39, 0.29) is 11.8 Å². The molecule has 112 valence electrons. The van der Waals surface area contributed by atoms with Gasteiger partial charge >= 0.3 is 5.97 Å². The third-order valence-corrected chi connectivity index (χ3v) is 4.01. The highest BCUT2D eigenvalue weighted by Gasteiger charge is 2.07. The van der Waals surface area contributed by atoms with Crippen LogP contribution in [0, 0.1) is 5.82 Å². The first-order valence-corrected chi connectivity index (χ1v) is 7.68. The van der Waals surface area contributed by atoms with Crippen LogP contribution in [0.15, 0.2) is 35.7 Å². The standard InChI is InChI=1S/C16H18FNO2S/c1-20-16(19)5-2-8-18-11-12-6-7-14(17)13(10-12)15-4-3-9-21-15/h3-4,6-7,9-10,18H,2,5,8,11H2,1H3. The number of nitrogens with one attached hydrogen (secondary N) is 1. The van der Waals surface area contributed by atoms with Crippen molar-refractivity contribution in [1.82, 2.24) is 5.32 Å². The Kier molecular flexibility index (Phi) is 5.90. The predicted octanol–water partition coefficient (Wildman–Crippen LogP) is 3.60. The molecule has 21 heavy (non-hydrogen) atoms. The molecule has 0 amide bonds. The van der Waals surface area contributed by atoms with Gasteiger partial charge in [0, 0.05) is 23.4 Å². The second-order valence-corrected chi connectivity index (χ2v) is 5.60. The SMILES string of the molecule is COC(=O)CCCNCc1ccc(F)c(-c2cccs2)c1. The average molecular weight is 307 g/mol. The van der Waals surface area contributed by atoms with Gasteiger partial charge in [0.2, 0.25) is 0 Å². The van der Waals surface area contributed by atoms with Gasteiger partial charge in [0.1, 0.15) is 5.82 Å². The Labute approximate surface area is 127 Å². The van der Waals surface area contributed by atoms with E-state index in [9.17, 15) is 9.18 Å². The second kappa shape index (κ2) is 7.90. The smallest absolute Gasteiger partial charge is 0.305 e. The highest BCUT2D eigenvalue weighted by atomic mass is 32.1. The van der Waals surface area contributed by atoms with E-state index in [0.29, 0.717) is 18.5 Å². The van der Waals surface area contributed by atoms with Gasteiger partial charge in [-0.3, -0.25) is 4.79 Å². The van der Waals surface area contributed by atoms with Crippen molar-refractivity contribution in [2.24, 2.45) is 0 Å². The molecule has 1 N–H and O–H groups in total. The molecule has 0 saturated heterocycles. The van der Waals surface area contributed by atoms with Crippen LogP contribution in [0.3, 0.4) is 0 Å². The largest absolute Gasteiger partial charge is 0.469 e. The van der Waals surface area contributed by atoms with Crippen LogP contribution < -0.4 is 5.32 Å². The number of benzene rings is 1. The summed E-state index contributed by atoms with van der Waals surface area (Å²) in [5.41, 5.74) is 1.66. The van der Waals surface area contributed by atoms with Crippen LogP contribution in [-0.2, 0) is 16.1 Å². The van der Waals surface area contributed by atoms with Crippen LogP contribution in [0.1, 0.15) is 18.4 Å². The fraction of sp³-hybridized carbons (Fsp3) is 0.312. The van der Waals surface area contributed by atoms with Crippen molar-refractivity contribution in [3.63, 3.8) is 0 Å². The number of thiophene rings is 1. The zero-order chi connectivity index (χ0) is 15.1. The van der Waals surface area contributed by atoms with E-state index in [1.165, 1.54) is 24.5 Å². The molecule has 0 aliphatic carbocycles. The molecule has 1 aromatic carbocycles. The van der Waals surface area contributed by atoms with Crippen molar-refractivity contribution >= 4 is 17.3 Å². The minimum Gasteiger partial charge on any atom is -0.469 e. The first kappa shape index (κ1) is 15.7. The number of carbonyl (C=O) groups excluding carboxylic acids is 1. The van der Waals surface area contributed by atoms with Crippen LogP contribution in [0.2, 0.25) is 0 Å². The van der Waals surface area contributed by atoms with E-state index in [0.717, 1.165) is 23.4 Å². The number of carbonyl (C=O) groups is 1. The average Bonchev–Trinajstić information content (AvgIpc) is 3.02. The summed E-state index contributed by atoms with van der Waals surface area (Å²) in [4.78, 5) is 11.9. The van der Waals surface area contributed by atoms with Gasteiger partial charge in [-0.15, -0.1) is 11.3 Å². The molecule has 0 saturated carbocycles. The number of methoxy groups -OCH3 is 1. The Morgan fingerprint density at radius 2 is 2.24 bits per heavy atom. The quantitative estimate of drug-likeness (QED) is 0.627. The fourth-order valence-electron chi connectivity index (χ4n) is 2.00. The van der Waals surface area contributed by atoms with Crippen molar-refractivity contribution in [2.45, 2.75) is 19.4 Å². The molecule has 0 atom stereocenters. The molecule has 0 bridgehead atoms. The van der Waals surface area contributed by atoms with Gasteiger partial charge in [-0.05, 0) is 42.1 Å². The number of hydrogen-bond donors (Lipinski definition) is 1. The number of rotatable bonds is 7. The zero-order valence-corrected chi connectivity index (χ0v) is 12.7. The lowest BCUT2D eigenvalue weighted by Crippen LogP contribution is -2.16.